The molecule has 3 fully saturated rings. The zero-order valence-electron chi connectivity index (χ0n) is 11.1. The highest BCUT2D eigenvalue weighted by molar-refractivity contribution is 7.99. The molecule has 3 aliphatic rings. The summed E-state index contributed by atoms with van der Waals surface area (Å²) in [5.74, 6) is 3.82. The van der Waals surface area contributed by atoms with Gasteiger partial charge >= 0.3 is 0 Å². The monoisotopic (exact) mass is 268 g/mol. The minimum absolute atomic E-state index is 0.330. The summed E-state index contributed by atoms with van der Waals surface area (Å²) in [6.45, 7) is 3.20. The first-order valence-corrected chi connectivity index (χ1v) is 8.60. The van der Waals surface area contributed by atoms with Crippen LogP contribution in [0.4, 0.5) is 0 Å². The maximum absolute atomic E-state index is 12.3. The number of thioether (sulfide) groups is 1. The zero-order chi connectivity index (χ0) is 12.4. The molecule has 0 aromatic heterocycles. The summed E-state index contributed by atoms with van der Waals surface area (Å²) in [6, 6.07) is 0.740. The second-order valence-corrected chi connectivity index (χ2v) is 7.08. The van der Waals surface area contributed by atoms with Gasteiger partial charge in [0.15, 0.2) is 0 Å². The molecule has 1 N–H and O–H groups in total. The fourth-order valence-electron chi connectivity index (χ4n) is 3.62. The number of carbonyl (C=O) groups excluding carboxylic acids is 1. The van der Waals surface area contributed by atoms with Gasteiger partial charge in [-0.1, -0.05) is 0 Å². The van der Waals surface area contributed by atoms with E-state index >= 15 is 0 Å². The summed E-state index contributed by atoms with van der Waals surface area (Å²) in [5.41, 5.74) is 0. The molecule has 0 spiro atoms. The van der Waals surface area contributed by atoms with Crippen LogP contribution in [0.3, 0.4) is 0 Å². The average Bonchev–Trinajstić information content (AvgIpc) is 3.11. The van der Waals surface area contributed by atoms with Gasteiger partial charge in [-0.3, -0.25) is 4.79 Å². The SMILES string of the molecule is O=C(C1CCSC1)N1CCC(C2CCCN2)CC1. The normalized spacial score (nSPS) is 34.1. The third-order valence-corrected chi connectivity index (χ3v) is 5.96. The number of nitrogens with one attached hydrogen (secondary N) is 1. The molecule has 0 aliphatic carbocycles. The number of piperidine rings is 1. The molecule has 0 bridgehead atoms. The van der Waals surface area contributed by atoms with E-state index in [1.807, 2.05) is 11.8 Å². The summed E-state index contributed by atoms with van der Waals surface area (Å²) < 4.78 is 0. The summed E-state index contributed by atoms with van der Waals surface area (Å²) in [7, 11) is 0. The van der Waals surface area contributed by atoms with Gasteiger partial charge in [0.1, 0.15) is 0 Å². The predicted molar refractivity (Wildman–Crippen MR) is 75.8 cm³/mol. The Balaban J connectivity index is 1.48. The topological polar surface area (TPSA) is 32.3 Å². The van der Waals surface area contributed by atoms with E-state index < -0.39 is 0 Å². The second kappa shape index (κ2) is 5.83. The molecule has 2 unspecified atom stereocenters. The second-order valence-electron chi connectivity index (χ2n) is 5.93. The first kappa shape index (κ1) is 12.8. The first-order valence-electron chi connectivity index (χ1n) is 7.44. The van der Waals surface area contributed by atoms with E-state index in [4.69, 9.17) is 0 Å². The summed E-state index contributed by atoms with van der Waals surface area (Å²) in [6.07, 6.45) is 6.21. The molecule has 3 aliphatic heterocycles. The van der Waals surface area contributed by atoms with Gasteiger partial charge in [0.2, 0.25) is 5.91 Å². The number of likely N-dealkylation sites (tertiary alicyclic amines) is 1. The molecule has 0 aromatic rings. The van der Waals surface area contributed by atoms with Crippen molar-refractivity contribution in [2.75, 3.05) is 31.1 Å². The maximum Gasteiger partial charge on any atom is 0.226 e. The highest BCUT2D eigenvalue weighted by Crippen LogP contribution is 2.29. The highest BCUT2D eigenvalue weighted by Gasteiger charge is 2.33. The first-order chi connectivity index (χ1) is 8.84. The predicted octanol–water partition coefficient (Wildman–Crippen LogP) is 1.73. The average molecular weight is 268 g/mol. The van der Waals surface area contributed by atoms with Gasteiger partial charge in [0.25, 0.3) is 0 Å². The fourth-order valence-corrected chi connectivity index (χ4v) is 4.84. The molecule has 0 aromatic carbocycles. The Labute approximate surface area is 114 Å². The van der Waals surface area contributed by atoms with Gasteiger partial charge in [-0.2, -0.15) is 11.8 Å². The van der Waals surface area contributed by atoms with E-state index in [9.17, 15) is 4.79 Å². The van der Waals surface area contributed by atoms with Gasteiger partial charge in [-0.15, -0.1) is 0 Å². The lowest BCUT2D eigenvalue weighted by Crippen LogP contribution is -2.45. The Hall–Kier alpha value is -0.220. The molecule has 3 saturated heterocycles. The summed E-state index contributed by atoms with van der Waals surface area (Å²) in [4.78, 5) is 14.5. The van der Waals surface area contributed by atoms with Gasteiger partial charge in [-0.25, -0.2) is 0 Å². The molecule has 3 heterocycles. The van der Waals surface area contributed by atoms with E-state index in [2.05, 4.69) is 10.2 Å². The molecule has 3 rings (SSSR count). The van der Waals surface area contributed by atoms with E-state index in [0.717, 1.165) is 37.2 Å². The van der Waals surface area contributed by atoms with E-state index in [-0.39, 0.29) is 0 Å². The molecule has 0 radical (unpaired) electrons. The Morgan fingerprint density at radius 2 is 2.00 bits per heavy atom. The van der Waals surface area contributed by atoms with E-state index in [0.29, 0.717) is 11.8 Å². The van der Waals surface area contributed by atoms with Crippen LogP contribution >= 0.6 is 11.8 Å². The molecule has 3 nitrogen and oxygen atoms in total. The van der Waals surface area contributed by atoms with Crippen LogP contribution in [0.25, 0.3) is 0 Å². The molecule has 18 heavy (non-hydrogen) atoms. The van der Waals surface area contributed by atoms with Crippen molar-refractivity contribution < 1.29 is 4.79 Å². The Morgan fingerprint density at radius 3 is 2.61 bits per heavy atom. The summed E-state index contributed by atoms with van der Waals surface area (Å²) >= 11 is 1.94. The smallest absolute Gasteiger partial charge is 0.226 e. The Kier molecular flexibility index (Phi) is 4.14. The van der Waals surface area contributed by atoms with Crippen LogP contribution in [-0.2, 0) is 4.79 Å². The van der Waals surface area contributed by atoms with Crippen molar-refractivity contribution in [2.24, 2.45) is 11.8 Å². The number of hydrogen-bond acceptors (Lipinski definition) is 3. The van der Waals surface area contributed by atoms with Crippen LogP contribution in [0.5, 0.6) is 0 Å². The van der Waals surface area contributed by atoms with Crippen LogP contribution in [0.2, 0.25) is 0 Å². The minimum atomic E-state index is 0.330. The third-order valence-electron chi connectivity index (χ3n) is 4.80. The Morgan fingerprint density at radius 1 is 1.17 bits per heavy atom. The third kappa shape index (κ3) is 2.69. The fraction of sp³-hybridized carbons (Fsp3) is 0.929. The molecular formula is C14H24N2OS. The molecule has 2 atom stereocenters. The summed E-state index contributed by atoms with van der Waals surface area (Å²) in [5, 5.41) is 3.62. The number of carbonyl (C=O) groups is 1. The minimum Gasteiger partial charge on any atom is -0.342 e. The van der Waals surface area contributed by atoms with E-state index in [1.54, 1.807) is 0 Å². The highest BCUT2D eigenvalue weighted by atomic mass is 32.2. The number of hydrogen-bond donors (Lipinski definition) is 1. The van der Waals surface area contributed by atoms with Gasteiger partial charge in [-0.05, 0) is 50.3 Å². The van der Waals surface area contributed by atoms with Crippen molar-refractivity contribution in [1.82, 2.24) is 10.2 Å². The van der Waals surface area contributed by atoms with Gasteiger partial charge < -0.3 is 10.2 Å². The van der Waals surface area contributed by atoms with Crippen molar-refractivity contribution in [3.8, 4) is 0 Å². The molecule has 0 saturated carbocycles. The number of rotatable bonds is 2. The zero-order valence-corrected chi connectivity index (χ0v) is 11.9. The van der Waals surface area contributed by atoms with Gasteiger partial charge in [0, 0.05) is 30.8 Å². The van der Waals surface area contributed by atoms with Gasteiger partial charge in [0.05, 0.1) is 0 Å². The lowest BCUT2D eigenvalue weighted by Gasteiger charge is -2.36. The van der Waals surface area contributed by atoms with Crippen molar-refractivity contribution in [1.29, 1.82) is 0 Å². The Bertz CT molecular complexity index is 290. The quantitative estimate of drug-likeness (QED) is 0.828. The number of amides is 1. The molecule has 1 amide bonds. The van der Waals surface area contributed by atoms with Crippen LogP contribution in [0.15, 0.2) is 0 Å². The van der Waals surface area contributed by atoms with Crippen LogP contribution in [0, 0.1) is 11.8 Å². The lowest BCUT2D eigenvalue weighted by atomic mass is 9.88. The maximum atomic E-state index is 12.3. The van der Waals surface area contributed by atoms with Crippen molar-refractivity contribution in [3.05, 3.63) is 0 Å². The molecular weight excluding hydrogens is 244 g/mol. The van der Waals surface area contributed by atoms with Crippen LogP contribution in [0.1, 0.15) is 32.1 Å². The largest absolute Gasteiger partial charge is 0.342 e. The van der Waals surface area contributed by atoms with E-state index in [1.165, 1.54) is 38.0 Å². The number of nitrogens with zero attached hydrogens (tertiary/aromatic N) is 1. The van der Waals surface area contributed by atoms with Crippen LogP contribution in [-0.4, -0.2) is 48.0 Å². The molecule has 102 valence electrons. The van der Waals surface area contributed by atoms with Crippen molar-refractivity contribution in [2.45, 2.75) is 38.1 Å². The standard InChI is InChI=1S/C14H24N2OS/c17-14(12-5-9-18-10-12)16-7-3-11(4-8-16)13-2-1-6-15-13/h11-13,15H,1-10H2. The lowest BCUT2D eigenvalue weighted by molar-refractivity contribution is -0.136. The molecule has 4 heteroatoms. The van der Waals surface area contributed by atoms with Crippen molar-refractivity contribution >= 4 is 17.7 Å². The van der Waals surface area contributed by atoms with Crippen molar-refractivity contribution in [3.63, 3.8) is 0 Å². The van der Waals surface area contributed by atoms with Crippen LogP contribution < -0.4 is 5.32 Å².